The summed E-state index contributed by atoms with van der Waals surface area (Å²) in [7, 11) is 0. The molecule has 0 aliphatic carbocycles. The van der Waals surface area contributed by atoms with Crippen LogP contribution in [-0.4, -0.2) is 16.9 Å². The number of alkyl halides is 3. The number of nitrogens with one attached hydrogen (secondary N) is 5. The predicted molar refractivity (Wildman–Crippen MR) is 135 cm³/mol. The van der Waals surface area contributed by atoms with Crippen LogP contribution in [0.1, 0.15) is 22.8 Å². The molecule has 0 unspecified atom stereocenters. The molecule has 11 heteroatoms. The van der Waals surface area contributed by atoms with Gasteiger partial charge in [0.15, 0.2) is 0 Å². The Labute approximate surface area is 208 Å². The quantitative estimate of drug-likeness (QED) is 0.191. The number of aryl methyl sites for hydroxylation is 1. The van der Waals surface area contributed by atoms with Crippen molar-refractivity contribution < 1.29 is 27.2 Å². The Kier molecular flexibility index (Phi) is 5.96. The number of halogens is 3. The van der Waals surface area contributed by atoms with Crippen LogP contribution in [0.25, 0.3) is 11.6 Å². The van der Waals surface area contributed by atoms with Crippen LogP contribution in [0.4, 0.5) is 46.4 Å². The van der Waals surface area contributed by atoms with Crippen molar-refractivity contribution in [2.24, 2.45) is 0 Å². The average molecular weight is 507 g/mol. The van der Waals surface area contributed by atoms with E-state index in [1.807, 2.05) is 24.3 Å². The Hall–Kier alpha value is -4.93. The highest BCUT2D eigenvalue weighted by molar-refractivity contribution is 6.35. The molecule has 1 aliphatic heterocycles. The first-order valence-electron chi connectivity index (χ1n) is 11.1. The van der Waals surface area contributed by atoms with Gasteiger partial charge in [0.1, 0.15) is 5.76 Å². The number of furan rings is 1. The van der Waals surface area contributed by atoms with Crippen molar-refractivity contribution in [3.8, 4) is 0 Å². The maximum atomic E-state index is 13.1. The molecule has 37 heavy (non-hydrogen) atoms. The molecule has 2 aromatic heterocycles. The third kappa shape index (κ3) is 5.20. The topological polar surface area (TPSA) is 111 Å². The molecule has 8 nitrogen and oxygen atoms in total. The minimum Gasteiger partial charge on any atom is -0.455 e. The molecule has 5 rings (SSSR count). The summed E-state index contributed by atoms with van der Waals surface area (Å²) in [5.41, 5.74) is 3.95. The number of H-pyrrole nitrogens is 1. The van der Waals surface area contributed by atoms with E-state index in [0.29, 0.717) is 28.3 Å². The number of carbonyl (C=O) groups excluding carboxylic acids is 2. The maximum Gasteiger partial charge on any atom is 0.451 e. The molecule has 0 fully saturated rings. The summed E-state index contributed by atoms with van der Waals surface area (Å²) >= 11 is 0. The molecule has 3 amide bonds. The van der Waals surface area contributed by atoms with Gasteiger partial charge in [-0.2, -0.15) is 13.2 Å². The number of hydrogen-bond acceptors (Lipinski definition) is 4. The van der Waals surface area contributed by atoms with Crippen LogP contribution in [0.3, 0.4) is 0 Å². The minimum absolute atomic E-state index is 0.0197. The highest BCUT2D eigenvalue weighted by Gasteiger charge is 2.38. The number of rotatable bonds is 5. The van der Waals surface area contributed by atoms with Crippen LogP contribution >= 0.6 is 0 Å². The first kappa shape index (κ1) is 23.8. The molecule has 5 N–H and O–H groups in total. The SMILES string of the molecule is Cc1cc(NC(=O)Nc2cccc(Nc3ccc4c(c3)NC(=O)/C4=C/c3ccc[nH]3)c2)c(C(F)(F)F)o1. The maximum absolute atomic E-state index is 13.1. The number of amides is 3. The number of urea groups is 1. The van der Waals surface area contributed by atoms with Gasteiger partial charge in [-0.1, -0.05) is 12.1 Å². The molecule has 2 aromatic carbocycles. The van der Waals surface area contributed by atoms with E-state index in [2.05, 4.69) is 30.7 Å². The van der Waals surface area contributed by atoms with Gasteiger partial charge in [0, 0.05) is 40.6 Å². The lowest BCUT2D eigenvalue weighted by atomic mass is 10.1. The van der Waals surface area contributed by atoms with Crippen molar-refractivity contribution >= 4 is 52.0 Å². The van der Waals surface area contributed by atoms with Gasteiger partial charge in [-0.3, -0.25) is 4.79 Å². The molecule has 188 valence electrons. The zero-order chi connectivity index (χ0) is 26.2. The highest BCUT2D eigenvalue weighted by Crippen LogP contribution is 2.37. The van der Waals surface area contributed by atoms with E-state index in [4.69, 9.17) is 0 Å². The Bertz CT molecular complexity index is 1520. The van der Waals surface area contributed by atoms with Gasteiger partial charge in [-0.25, -0.2) is 4.79 Å². The van der Waals surface area contributed by atoms with Gasteiger partial charge in [0.05, 0.1) is 16.9 Å². The van der Waals surface area contributed by atoms with Crippen LogP contribution < -0.4 is 21.3 Å². The van der Waals surface area contributed by atoms with Crippen molar-refractivity contribution in [1.82, 2.24) is 4.98 Å². The van der Waals surface area contributed by atoms with E-state index in [1.54, 1.807) is 42.6 Å². The summed E-state index contributed by atoms with van der Waals surface area (Å²) in [6.45, 7) is 1.36. The van der Waals surface area contributed by atoms with Crippen LogP contribution in [0, 0.1) is 6.92 Å². The van der Waals surface area contributed by atoms with E-state index in [1.165, 1.54) is 6.92 Å². The molecule has 0 saturated heterocycles. The highest BCUT2D eigenvalue weighted by atomic mass is 19.4. The van der Waals surface area contributed by atoms with Gasteiger partial charge in [0.2, 0.25) is 5.76 Å². The zero-order valence-corrected chi connectivity index (χ0v) is 19.3. The van der Waals surface area contributed by atoms with Gasteiger partial charge < -0.3 is 30.7 Å². The Morgan fingerprint density at radius 1 is 0.973 bits per heavy atom. The minimum atomic E-state index is -4.74. The fraction of sp³-hybridized carbons (Fsp3) is 0.0769. The first-order valence-corrected chi connectivity index (χ1v) is 11.1. The number of aromatic amines is 1. The van der Waals surface area contributed by atoms with Crippen molar-refractivity contribution in [2.45, 2.75) is 13.1 Å². The summed E-state index contributed by atoms with van der Waals surface area (Å²) in [5.74, 6) is -1.46. The van der Waals surface area contributed by atoms with Crippen molar-refractivity contribution in [1.29, 1.82) is 0 Å². The number of hydrogen-bond donors (Lipinski definition) is 5. The summed E-state index contributed by atoms with van der Waals surface area (Å²) in [6, 6.07) is 16.0. The van der Waals surface area contributed by atoms with Gasteiger partial charge >= 0.3 is 12.2 Å². The molecule has 3 heterocycles. The van der Waals surface area contributed by atoms with Crippen molar-refractivity contribution in [3.05, 3.63) is 89.6 Å². The Balaban J connectivity index is 1.28. The lowest BCUT2D eigenvalue weighted by Gasteiger charge is -2.12. The Morgan fingerprint density at radius 3 is 2.51 bits per heavy atom. The smallest absolute Gasteiger partial charge is 0.451 e. The van der Waals surface area contributed by atoms with Gasteiger partial charge in [-0.15, -0.1) is 0 Å². The fourth-order valence-electron chi connectivity index (χ4n) is 3.95. The van der Waals surface area contributed by atoms with Crippen molar-refractivity contribution in [3.63, 3.8) is 0 Å². The molecule has 0 atom stereocenters. The van der Waals surface area contributed by atoms with E-state index in [9.17, 15) is 22.8 Å². The number of anilines is 5. The van der Waals surface area contributed by atoms with E-state index in [-0.39, 0.29) is 11.7 Å². The standard InChI is InChI=1S/C26H20F3N5O3/c1-14-10-22(23(37-14)26(27,28)29)34-25(36)32-17-5-2-4-16(11-17)31-18-7-8-19-20(12-15-6-3-9-30-15)24(35)33-21(19)13-18/h2-13,30-31H,1H3,(H,33,35)(H2,32,34,36)/b20-12+. The predicted octanol–water partition coefficient (Wildman–Crippen LogP) is 6.82. The molecular formula is C26H20F3N5O3. The largest absolute Gasteiger partial charge is 0.455 e. The molecule has 1 aliphatic rings. The van der Waals surface area contributed by atoms with Crippen LogP contribution in [0.5, 0.6) is 0 Å². The third-order valence-electron chi connectivity index (χ3n) is 5.49. The summed E-state index contributed by atoms with van der Waals surface area (Å²) in [5, 5.41) is 10.7. The second kappa shape index (κ2) is 9.26. The van der Waals surface area contributed by atoms with Gasteiger partial charge in [0.25, 0.3) is 5.91 Å². The zero-order valence-electron chi connectivity index (χ0n) is 19.3. The third-order valence-corrected chi connectivity index (χ3v) is 5.49. The summed E-state index contributed by atoms with van der Waals surface area (Å²) in [4.78, 5) is 27.8. The van der Waals surface area contributed by atoms with E-state index < -0.39 is 23.7 Å². The fourth-order valence-corrected chi connectivity index (χ4v) is 3.95. The molecule has 0 spiro atoms. The van der Waals surface area contributed by atoms with Crippen molar-refractivity contribution in [2.75, 3.05) is 21.3 Å². The van der Waals surface area contributed by atoms with E-state index >= 15 is 0 Å². The number of fused-ring (bicyclic) bond motifs is 1. The monoisotopic (exact) mass is 507 g/mol. The van der Waals surface area contributed by atoms with E-state index in [0.717, 1.165) is 17.3 Å². The molecule has 0 saturated carbocycles. The second-order valence-corrected chi connectivity index (χ2v) is 8.28. The lowest BCUT2D eigenvalue weighted by molar-refractivity contribution is -0.152. The first-order chi connectivity index (χ1) is 17.7. The number of carbonyl (C=O) groups is 2. The lowest BCUT2D eigenvalue weighted by Crippen LogP contribution is -2.21. The Morgan fingerprint density at radius 2 is 1.76 bits per heavy atom. The van der Waals surface area contributed by atoms with Crippen LogP contribution in [-0.2, 0) is 11.0 Å². The molecular weight excluding hydrogens is 487 g/mol. The van der Waals surface area contributed by atoms with Gasteiger partial charge in [-0.05, 0) is 55.5 Å². The normalized spacial score (nSPS) is 13.8. The molecule has 0 radical (unpaired) electrons. The molecule has 4 aromatic rings. The summed E-state index contributed by atoms with van der Waals surface area (Å²) in [6.07, 6.45) is -1.19. The number of aromatic nitrogens is 1. The van der Waals surface area contributed by atoms with Crippen LogP contribution in [0.15, 0.2) is 71.3 Å². The summed E-state index contributed by atoms with van der Waals surface area (Å²) < 4.78 is 44.0. The van der Waals surface area contributed by atoms with Crippen LogP contribution in [0.2, 0.25) is 0 Å². The second-order valence-electron chi connectivity index (χ2n) is 8.28. The average Bonchev–Trinajstić information content (AvgIpc) is 3.54. The molecule has 0 bridgehead atoms. The number of benzene rings is 2.